The highest BCUT2D eigenvalue weighted by Crippen LogP contribution is 2.35. The predicted molar refractivity (Wildman–Crippen MR) is 128 cm³/mol. The second-order valence-electron chi connectivity index (χ2n) is 8.62. The van der Waals surface area contributed by atoms with Crippen LogP contribution in [0, 0.1) is 5.92 Å². The van der Waals surface area contributed by atoms with Gasteiger partial charge < -0.3 is 14.2 Å². The molecule has 5 nitrogen and oxygen atoms in total. The van der Waals surface area contributed by atoms with Gasteiger partial charge in [-0.1, -0.05) is 29.3 Å². The van der Waals surface area contributed by atoms with E-state index in [1.165, 1.54) is 13.2 Å². The van der Waals surface area contributed by atoms with E-state index in [9.17, 15) is 22.8 Å². The van der Waals surface area contributed by atoms with E-state index in [2.05, 4.69) is 0 Å². The zero-order chi connectivity index (χ0) is 25.5. The van der Waals surface area contributed by atoms with E-state index in [1.807, 2.05) is 0 Å². The first-order valence-electron chi connectivity index (χ1n) is 11.0. The Morgan fingerprint density at radius 1 is 1.09 bits per heavy atom. The maximum Gasteiger partial charge on any atom is 0.416 e. The molecule has 0 atom stereocenters. The maximum atomic E-state index is 13.2. The van der Waals surface area contributed by atoms with Crippen molar-refractivity contribution in [3.05, 3.63) is 68.8 Å². The van der Waals surface area contributed by atoms with Crippen molar-refractivity contribution in [1.29, 1.82) is 0 Å². The molecule has 0 radical (unpaired) electrons. The van der Waals surface area contributed by atoms with Gasteiger partial charge in [-0.15, -0.1) is 0 Å². The van der Waals surface area contributed by atoms with Crippen molar-refractivity contribution in [2.75, 3.05) is 20.2 Å². The Morgan fingerprint density at radius 3 is 2.40 bits per heavy atom. The number of rotatable bonds is 4. The number of aryl methyl sites for hydroxylation is 1. The number of ether oxygens (including phenoxy) is 1. The number of carbonyl (C=O) groups excluding carboxylic acids is 2. The molecule has 4 rings (SSSR count). The fourth-order valence-electron chi connectivity index (χ4n) is 4.49. The Labute approximate surface area is 210 Å². The van der Waals surface area contributed by atoms with Gasteiger partial charge in [0, 0.05) is 42.8 Å². The minimum absolute atomic E-state index is 0.207. The summed E-state index contributed by atoms with van der Waals surface area (Å²) < 4.78 is 45.9. The van der Waals surface area contributed by atoms with E-state index in [4.69, 9.17) is 27.9 Å². The summed E-state index contributed by atoms with van der Waals surface area (Å²) in [5.74, 6) is -0.769. The summed E-state index contributed by atoms with van der Waals surface area (Å²) in [5.41, 5.74) is 1.22. The van der Waals surface area contributed by atoms with Gasteiger partial charge in [0.15, 0.2) is 0 Å². The number of carbonyl (C=O) groups is 2. The minimum atomic E-state index is -4.44. The topological polar surface area (TPSA) is 51.5 Å². The summed E-state index contributed by atoms with van der Waals surface area (Å²) in [6.45, 7) is 0.801. The van der Waals surface area contributed by atoms with Gasteiger partial charge in [0.1, 0.15) is 0 Å². The fraction of sp³-hybridized carbons (Fsp3) is 0.360. The van der Waals surface area contributed by atoms with Crippen molar-refractivity contribution in [2.24, 2.45) is 13.0 Å². The molecule has 2 aromatic carbocycles. The average Bonchev–Trinajstić information content (AvgIpc) is 3.15. The van der Waals surface area contributed by atoms with Crippen LogP contribution in [0.15, 0.2) is 36.4 Å². The summed E-state index contributed by atoms with van der Waals surface area (Å²) in [5, 5.41) is 1.22. The van der Waals surface area contributed by atoms with Crippen LogP contribution < -0.4 is 0 Å². The van der Waals surface area contributed by atoms with Gasteiger partial charge in [0.2, 0.25) is 0 Å². The van der Waals surface area contributed by atoms with Crippen molar-refractivity contribution in [1.82, 2.24) is 9.47 Å². The molecular weight excluding hydrogens is 504 g/mol. The third-order valence-electron chi connectivity index (χ3n) is 6.56. The standard InChI is InChI=1S/C25H23Cl2F3N2O3/c1-31-17(11-15-3-4-16(12-21(15)31)25(28,29)30)13-19-20(26)6-5-18(22(19)27)23(33)32-9-7-14(8-10-32)24(34)35-2/h3-6,11-12,14H,7-10,13H2,1-2H3. The van der Waals surface area contributed by atoms with E-state index in [1.54, 1.807) is 34.7 Å². The first-order chi connectivity index (χ1) is 16.5. The largest absolute Gasteiger partial charge is 0.469 e. The number of likely N-dealkylation sites (tertiary alicyclic amines) is 1. The molecule has 186 valence electrons. The fourth-order valence-corrected chi connectivity index (χ4v) is 5.08. The Balaban J connectivity index is 1.60. The van der Waals surface area contributed by atoms with Gasteiger partial charge >= 0.3 is 12.1 Å². The number of hydrogen-bond acceptors (Lipinski definition) is 3. The molecule has 3 aromatic rings. The molecular formula is C25H23Cl2F3N2O3. The molecule has 0 N–H and O–H groups in total. The van der Waals surface area contributed by atoms with Gasteiger partial charge in [0.05, 0.1) is 29.2 Å². The normalized spacial score (nSPS) is 15.0. The van der Waals surface area contributed by atoms with E-state index >= 15 is 0 Å². The molecule has 1 amide bonds. The first kappa shape index (κ1) is 25.4. The second kappa shape index (κ2) is 9.74. The number of aromatic nitrogens is 1. The van der Waals surface area contributed by atoms with Crippen LogP contribution in [-0.4, -0.2) is 41.5 Å². The summed E-state index contributed by atoms with van der Waals surface area (Å²) >= 11 is 13.1. The Bertz CT molecular complexity index is 1300. The second-order valence-corrected chi connectivity index (χ2v) is 9.41. The lowest BCUT2D eigenvalue weighted by molar-refractivity contribution is -0.146. The lowest BCUT2D eigenvalue weighted by atomic mass is 9.96. The highest BCUT2D eigenvalue weighted by Gasteiger charge is 2.31. The van der Waals surface area contributed by atoms with E-state index in [0.717, 1.165) is 12.1 Å². The Hall–Kier alpha value is -2.71. The van der Waals surface area contributed by atoms with Crippen LogP contribution in [0.4, 0.5) is 13.2 Å². The number of methoxy groups -OCH3 is 1. The van der Waals surface area contributed by atoms with Crippen LogP contribution in [-0.2, 0) is 29.2 Å². The molecule has 0 spiro atoms. The number of alkyl halides is 3. The summed E-state index contributed by atoms with van der Waals surface area (Å²) in [6.07, 6.45) is -3.19. The van der Waals surface area contributed by atoms with Crippen molar-refractivity contribution in [2.45, 2.75) is 25.4 Å². The number of amides is 1. The van der Waals surface area contributed by atoms with Gasteiger partial charge in [-0.25, -0.2) is 0 Å². The zero-order valence-corrected chi connectivity index (χ0v) is 20.6. The van der Waals surface area contributed by atoms with Crippen LogP contribution in [0.3, 0.4) is 0 Å². The average molecular weight is 527 g/mol. The summed E-state index contributed by atoms with van der Waals surface area (Å²) in [7, 11) is 3.03. The number of esters is 1. The molecule has 0 saturated carbocycles. The number of piperidine rings is 1. The van der Waals surface area contributed by atoms with Gasteiger partial charge in [-0.05, 0) is 54.1 Å². The van der Waals surface area contributed by atoms with Crippen molar-refractivity contribution in [3.8, 4) is 0 Å². The van der Waals surface area contributed by atoms with Gasteiger partial charge in [-0.2, -0.15) is 13.2 Å². The Kier molecular flexibility index (Phi) is 7.06. The maximum absolute atomic E-state index is 13.2. The van der Waals surface area contributed by atoms with Gasteiger partial charge in [-0.3, -0.25) is 9.59 Å². The van der Waals surface area contributed by atoms with E-state index in [0.29, 0.717) is 58.7 Å². The smallest absolute Gasteiger partial charge is 0.416 e. The molecule has 0 unspecified atom stereocenters. The number of benzene rings is 2. The van der Waals surface area contributed by atoms with Crippen LogP contribution in [0.1, 0.15) is 40.0 Å². The van der Waals surface area contributed by atoms with Crippen molar-refractivity contribution < 1.29 is 27.5 Å². The molecule has 0 bridgehead atoms. The monoisotopic (exact) mass is 526 g/mol. The molecule has 10 heteroatoms. The van der Waals surface area contributed by atoms with Crippen LogP contribution in [0.5, 0.6) is 0 Å². The number of hydrogen-bond donors (Lipinski definition) is 0. The molecule has 1 saturated heterocycles. The third-order valence-corrected chi connectivity index (χ3v) is 7.35. The van der Waals surface area contributed by atoms with Crippen LogP contribution >= 0.6 is 23.2 Å². The lowest BCUT2D eigenvalue weighted by Crippen LogP contribution is -2.40. The summed E-state index contributed by atoms with van der Waals surface area (Å²) in [6, 6.07) is 8.55. The van der Waals surface area contributed by atoms with Crippen molar-refractivity contribution in [3.63, 3.8) is 0 Å². The molecule has 0 aliphatic carbocycles. The Morgan fingerprint density at radius 2 is 1.77 bits per heavy atom. The van der Waals surface area contributed by atoms with Crippen molar-refractivity contribution >= 4 is 46.0 Å². The van der Waals surface area contributed by atoms with Crippen LogP contribution in [0.25, 0.3) is 10.9 Å². The molecule has 2 heterocycles. The number of nitrogens with zero attached hydrogens (tertiary/aromatic N) is 2. The van der Waals surface area contributed by atoms with Crippen LogP contribution in [0.2, 0.25) is 10.0 Å². The molecule has 1 aromatic heterocycles. The van der Waals surface area contributed by atoms with E-state index in [-0.39, 0.29) is 29.2 Å². The highest BCUT2D eigenvalue weighted by atomic mass is 35.5. The van der Waals surface area contributed by atoms with E-state index < -0.39 is 11.7 Å². The molecule has 1 aliphatic heterocycles. The quantitative estimate of drug-likeness (QED) is 0.385. The number of halogens is 5. The lowest BCUT2D eigenvalue weighted by Gasteiger charge is -2.31. The predicted octanol–water partition coefficient (Wildman–Crippen LogP) is 6.12. The summed E-state index contributed by atoms with van der Waals surface area (Å²) in [4.78, 5) is 26.6. The molecule has 1 aliphatic rings. The zero-order valence-electron chi connectivity index (χ0n) is 19.1. The first-order valence-corrected chi connectivity index (χ1v) is 11.8. The minimum Gasteiger partial charge on any atom is -0.469 e. The molecule has 1 fully saturated rings. The number of fused-ring (bicyclic) bond motifs is 1. The third kappa shape index (κ3) is 5.00. The SMILES string of the molecule is COC(=O)C1CCN(C(=O)c2ccc(Cl)c(Cc3cc4ccc(C(F)(F)F)cc4n3C)c2Cl)CC1. The molecule has 35 heavy (non-hydrogen) atoms. The van der Waals surface area contributed by atoms with Gasteiger partial charge in [0.25, 0.3) is 5.91 Å². The highest BCUT2D eigenvalue weighted by molar-refractivity contribution is 6.38.